The van der Waals surface area contributed by atoms with Crippen molar-refractivity contribution < 1.29 is 4.39 Å². The zero-order chi connectivity index (χ0) is 11.0. The Balaban J connectivity index is 2.01. The molecule has 1 fully saturated rings. The van der Waals surface area contributed by atoms with E-state index in [0.29, 0.717) is 11.4 Å². The van der Waals surface area contributed by atoms with Crippen LogP contribution in [-0.2, 0) is 0 Å². The molecular formula is C13H15FN2. The molecular weight excluding hydrogens is 203 g/mol. The number of H-pyrrole nitrogens is 1. The van der Waals surface area contributed by atoms with Gasteiger partial charge in [-0.15, -0.1) is 0 Å². The molecule has 2 aromatic rings. The summed E-state index contributed by atoms with van der Waals surface area (Å²) < 4.78 is 13.5. The summed E-state index contributed by atoms with van der Waals surface area (Å²) in [6.07, 6.45) is 6.22. The van der Waals surface area contributed by atoms with Crippen molar-refractivity contribution in [2.45, 2.75) is 38.0 Å². The van der Waals surface area contributed by atoms with Crippen LogP contribution in [0.2, 0.25) is 0 Å². The van der Waals surface area contributed by atoms with Gasteiger partial charge >= 0.3 is 0 Å². The molecule has 0 bridgehead atoms. The van der Waals surface area contributed by atoms with Crippen molar-refractivity contribution in [3.05, 3.63) is 29.8 Å². The van der Waals surface area contributed by atoms with Crippen molar-refractivity contribution in [1.29, 1.82) is 0 Å². The Morgan fingerprint density at radius 3 is 2.75 bits per heavy atom. The van der Waals surface area contributed by atoms with E-state index in [1.54, 1.807) is 6.07 Å². The Bertz CT molecular complexity index is 498. The molecule has 0 radical (unpaired) electrons. The zero-order valence-corrected chi connectivity index (χ0v) is 9.17. The van der Waals surface area contributed by atoms with E-state index in [4.69, 9.17) is 0 Å². The van der Waals surface area contributed by atoms with E-state index in [0.717, 1.165) is 11.3 Å². The van der Waals surface area contributed by atoms with Gasteiger partial charge in [0.2, 0.25) is 0 Å². The Labute approximate surface area is 93.9 Å². The topological polar surface area (TPSA) is 28.7 Å². The van der Waals surface area contributed by atoms with Crippen LogP contribution in [0.15, 0.2) is 18.2 Å². The smallest absolute Gasteiger partial charge is 0.151 e. The predicted molar refractivity (Wildman–Crippen MR) is 61.9 cm³/mol. The molecule has 3 rings (SSSR count). The van der Waals surface area contributed by atoms with E-state index in [-0.39, 0.29) is 5.82 Å². The fraction of sp³-hybridized carbons (Fsp3) is 0.462. The van der Waals surface area contributed by atoms with Crippen LogP contribution in [0.1, 0.15) is 43.8 Å². The molecule has 1 aromatic carbocycles. The van der Waals surface area contributed by atoms with Crippen LogP contribution >= 0.6 is 0 Å². The average molecular weight is 218 g/mol. The predicted octanol–water partition coefficient (Wildman–Crippen LogP) is 3.75. The van der Waals surface area contributed by atoms with Crippen molar-refractivity contribution in [1.82, 2.24) is 9.97 Å². The van der Waals surface area contributed by atoms with Crippen LogP contribution in [-0.4, -0.2) is 9.97 Å². The Morgan fingerprint density at radius 2 is 2.00 bits per heavy atom. The van der Waals surface area contributed by atoms with E-state index in [2.05, 4.69) is 9.97 Å². The third-order valence-electron chi connectivity index (χ3n) is 3.47. The van der Waals surface area contributed by atoms with Crippen molar-refractivity contribution in [2.24, 2.45) is 0 Å². The van der Waals surface area contributed by atoms with Crippen LogP contribution < -0.4 is 0 Å². The van der Waals surface area contributed by atoms with Gasteiger partial charge in [-0.25, -0.2) is 9.37 Å². The highest BCUT2D eigenvalue weighted by atomic mass is 19.1. The third-order valence-corrected chi connectivity index (χ3v) is 3.47. The van der Waals surface area contributed by atoms with E-state index >= 15 is 0 Å². The van der Waals surface area contributed by atoms with Gasteiger partial charge in [0, 0.05) is 5.92 Å². The number of benzene rings is 1. The number of aromatic nitrogens is 2. The first-order valence-electron chi connectivity index (χ1n) is 5.99. The second-order valence-electron chi connectivity index (χ2n) is 4.59. The molecule has 3 heteroatoms. The fourth-order valence-electron chi connectivity index (χ4n) is 2.59. The molecule has 0 amide bonds. The molecule has 84 valence electrons. The molecule has 1 aliphatic carbocycles. The molecule has 1 N–H and O–H groups in total. The monoisotopic (exact) mass is 218 g/mol. The molecule has 0 aliphatic heterocycles. The normalized spacial score (nSPS) is 18.1. The fourth-order valence-corrected chi connectivity index (χ4v) is 2.59. The number of hydrogen-bond acceptors (Lipinski definition) is 1. The summed E-state index contributed by atoms with van der Waals surface area (Å²) in [4.78, 5) is 7.66. The van der Waals surface area contributed by atoms with Gasteiger partial charge in [-0.2, -0.15) is 0 Å². The van der Waals surface area contributed by atoms with Crippen LogP contribution in [0.3, 0.4) is 0 Å². The number of rotatable bonds is 1. The largest absolute Gasteiger partial charge is 0.342 e. The van der Waals surface area contributed by atoms with Gasteiger partial charge < -0.3 is 4.98 Å². The van der Waals surface area contributed by atoms with Crippen molar-refractivity contribution in [3.63, 3.8) is 0 Å². The molecule has 0 unspecified atom stereocenters. The van der Waals surface area contributed by atoms with Gasteiger partial charge in [-0.1, -0.05) is 25.3 Å². The maximum absolute atomic E-state index is 13.5. The lowest BCUT2D eigenvalue weighted by atomic mass is 9.89. The molecule has 16 heavy (non-hydrogen) atoms. The summed E-state index contributed by atoms with van der Waals surface area (Å²) in [6.45, 7) is 0. The second kappa shape index (κ2) is 3.89. The molecule has 1 aliphatic rings. The summed E-state index contributed by atoms with van der Waals surface area (Å²) in [5, 5.41) is 0. The maximum atomic E-state index is 13.5. The van der Waals surface area contributed by atoms with E-state index in [9.17, 15) is 4.39 Å². The number of imidazole rings is 1. The summed E-state index contributed by atoms with van der Waals surface area (Å²) in [7, 11) is 0. The molecule has 0 saturated heterocycles. The number of hydrogen-bond donors (Lipinski definition) is 1. The van der Waals surface area contributed by atoms with Gasteiger partial charge in [0.15, 0.2) is 5.82 Å². The standard InChI is InChI=1S/C13H15FN2/c14-10-7-4-8-11-12(10)16-13(15-11)9-5-2-1-3-6-9/h4,7-9H,1-3,5-6H2,(H,15,16). The van der Waals surface area contributed by atoms with Gasteiger partial charge in [-0.05, 0) is 25.0 Å². The summed E-state index contributed by atoms with van der Waals surface area (Å²) in [5.74, 6) is 1.25. The van der Waals surface area contributed by atoms with Gasteiger partial charge in [0.25, 0.3) is 0 Å². The molecule has 1 aromatic heterocycles. The molecule has 2 nitrogen and oxygen atoms in total. The number of nitrogens with one attached hydrogen (secondary N) is 1. The lowest BCUT2D eigenvalue weighted by molar-refractivity contribution is 0.431. The highest BCUT2D eigenvalue weighted by molar-refractivity contribution is 5.75. The van der Waals surface area contributed by atoms with Crippen LogP contribution in [0.4, 0.5) is 4.39 Å². The number of fused-ring (bicyclic) bond motifs is 1. The van der Waals surface area contributed by atoms with Crippen molar-refractivity contribution in [2.75, 3.05) is 0 Å². The Kier molecular flexibility index (Phi) is 2.39. The Hall–Kier alpha value is -1.38. The minimum atomic E-state index is -0.226. The first kappa shape index (κ1) is 9.82. The molecule has 1 heterocycles. The first-order chi connectivity index (χ1) is 7.84. The average Bonchev–Trinajstić information content (AvgIpc) is 2.76. The number of para-hydroxylation sites is 1. The lowest BCUT2D eigenvalue weighted by Crippen LogP contribution is -2.05. The van der Waals surface area contributed by atoms with Gasteiger partial charge in [0.05, 0.1) is 5.52 Å². The third kappa shape index (κ3) is 1.60. The maximum Gasteiger partial charge on any atom is 0.151 e. The summed E-state index contributed by atoms with van der Waals surface area (Å²) in [6, 6.07) is 5.08. The molecule has 0 atom stereocenters. The number of halogens is 1. The molecule has 0 spiro atoms. The van der Waals surface area contributed by atoms with E-state index in [1.807, 2.05) is 6.07 Å². The lowest BCUT2D eigenvalue weighted by Gasteiger charge is -2.18. The van der Waals surface area contributed by atoms with E-state index in [1.165, 1.54) is 38.2 Å². The SMILES string of the molecule is Fc1cccc2[nH]c(C3CCCCC3)nc12. The zero-order valence-electron chi connectivity index (χ0n) is 9.17. The van der Waals surface area contributed by atoms with Gasteiger partial charge in [-0.3, -0.25) is 0 Å². The highest BCUT2D eigenvalue weighted by Crippen LogP contribution is 2.32. The molecule has 1 saturated carbocycles. The summed E-state index contributed by atoms with van der Waals surface area (Å²) >= 11 is 0. The van der Waals surface area contributed by atoms with Crippen molar-refractivity contribution >= 4 is 11.0 Å². The first-order valence-corrected chi connectivity index (χ1v) is 5.99. The minimum absolute atomic E-state index is 0.226. The van der Waals surface area contributed by atoms with Crippen LogP contribution in [0, 0.1) is 5.82 Å². The van der Waals surface area contributed by atoms with Crippen molar-refractivity contribution in [3.8, 4) is 0 Å². The van der Waals surface area contributed by atoms with E-state index < -0.39 is 0 Å². The Morgan fingerprint density at radius 1 is 1.19 bits per heavy atom. The van der Waals surface area contributed by atoms with Crippen LogP contribution in [0.25, 0.3) is 11.0 Å². The second-order valence-corrected chi connectivity index (χ2v) is 4.59. The quantitative estimate of drug-likeness (QED) is 0.775. The minimum Gasteiger partial charge on any atom is -0.342 e. The highest BCUT2D eigenvalue weighted by Gasteiger charge is 2.19. The van der Waals surface area contributed by atoms with Crippen LogP contribution in [0.5, 0.6) is 0 Å². The number of aromatic amines is 1. The summed E-state index contributed by atoms with van der Waals surface area (Å²) in [5.41, 5.74) is 1.31. The number of nitrogens with zero attached hydrogens (tertiary/aromatic N) is 1. The van der Waals surface area contributed by atoms with Gasteiger partial charge in [0.1, 0.15) is 11.3 Å².